The van der Waals surface area contributed by atoms with Crippen molar-refractivity contribution >= 4 is 11.6 Å². The van der Waals surface area contributed by atoms with Gasteiger partial charge in [-0.3, -0.25) is 4.79 Å². The zero-order chi connectivity index (χ0) is 17.4. The van der Waals surface area contributed by atoms with Gasteiger partial charge in [-0.1, -0.05) is 72.8 Å². The van der Waals surface area contributed by atoms with E-state index in [4.69, 9.17) is 4.74 Å². The third kappa shape index (κ3) is 2.20. The first-order valence-electron chi connectivity index (χ1n) is 8.27. The molecule has 3 nitrogen and oxygen atoms in total. The lowest BCUT2D eigenvalue weighted by Crippen LogP contribution is -2.41. The molecule has 1 aliphatic heterocycles. The summed E-state index contributed by atoms with van der Waals surface area (Å²) in [7, 11) is 3.39. The first-order valence-corrected chi connectivity index (χ1v) is 8.27. The Morgan fingerprint density at radius 1 is 0.800 bits per heavy atom. The zero-order valence-corrected chi connectivity index (χ0v) is 14.3. The van der Waals surface area contributed by atoms with Crippen LogP contribution in [0.25, 0.3) is 11.1 Å². The van der Waals surface area contributed by atoms with Crippen molar-refractivity contribution in [2.45, 2.75) is 5.60 Å². The van der Waals surface area contributed by atoms with E-state index in [1.165, 1.54) is 0 Å². The van der Waals surface area contributed by atoms with E-state index in [1.54, 1.807) is 19.1 Å². The summed E-state index contributed by atoms with van der Waals surface area (Å²) in [5.41, 5.74) is 3.80. The maximum Gasteiger partial charge on any atom is 0.268 e. The van der Waals surface area contributed by atoms with E-state index in [2.05, 4.69) is 12.1 Å². The number of nitrogens with zero attached hydrogens (tertiary/aromatic N) is 1. The van der Waals surface area contributed by atoms with E-state index in [1.807, 2.05) is 66.7 Å². The number of anilines is 1. The monoisotopic (exact) mass is 329 g/mol. The second-order valence-electron chi connectivity index (χ2n) is 6.21. The number of likely N-dealkylation sites (N-methyl/N-ethyl adjacent to an activating group) is 1. The number of hydrogen-bond acceptors (Lipinski definition) is 2. The van der Waals surface area contributed by atoms with E-state index in [9.17, 15) is 4.79 Å². The van der Waals surface area contributed by atoms with Gasteiger partial charge >= 0.3 is 0 Å². The quantitative estimate of drug-likeness (QED) is 0.720. The highest BCUT2D eigenvalue weighted by Crippen LogP contribution is 2.46. The summed E-state index contributed by atoms with van der Waals surface area (Å²) in [6.07, 6.45) is 0. The Balaban J connectivity index is 1.84. The molecule has 0 aliphatic carbocycles. The predicted molar refractivity (Wildman–Crippen MR) is 99.5 cm³/mol. The lowest BCUT2D eigenvalue weighted by molar-refractivity contribution is -0.134. The highest BCUT2D eigenvalue weighted by Gasteiger charge is 2.51. The van der Waals surface area contributed by atoms with Crippen LogP contribution in [0, 0.1) is 0 Å². The smallest absolute Gasteiger partial charge is 0.268 e. The number of amides is 1. The van der Waals surface area contributed by atoms with Gasteiger partial charge < -0.3 is 9.64 Å². The molecule has 0 spiro atoms. The normalized spacial score (nSPS) is 19.1. The van der Waals surface area contributed by atoms with Crippen molar-refractivity contribution in [3.63, 3.8) is 0 Å². The van der Waals surface area contributed by atoms with E-state index >= 15 is 0 Å². The molecule has 0 saturated heterocycles. The summed E-state index contributed by atoms with van der Waals surface area (Å²) < 4.78 is 5.85. The van der Waals surface area contributed by atoms with Crippen LogP contribution in [-0.2, 0) is 15.1 Å². The predicted octanol–water partition coefficient (Wildman–Crippen LogP) is 4.22. The number of hydrogen-bond donors (Lipinski definition) is 0. The molecule has 0 bridgehead atoms. The van der Waals surface area contributed by atoms with Crippen molar-refractivity contribution in [3.05, 3.63) is 90.0 Å². The Bertz CT molecular complexity index is 918. The number of methoxy groups -OCH3 is 1. The van der Waals surface area contributed by atoms with Crippen LogP contribution in [0.4, 0.5) is 5.69 Å². The highest BCUT2D eigenvalue weighted by atomic mass is 16.5. The molecule has 3 heteroatoms. The number of fused-ring (bicyclic) bond motifs is 1. The Kier molecular flexibility index (Phi) is 3.66. The van der Waals surface area contributed by atoms with E-state index in [0.29, 0.717) is 0 Å². The molecule has 4 rings (SSSR count). The van der Waals surface area contributed by atoms with Crippen LogP contribution in [-0.4, -0.2) is 20.1 Å². The average molecular weight is 329 g/mol. The standard InChI is InChI=1S/C22H19NO2/c1-23-20-11-7-6-10-19(20)22(25-2,21(23)24)18-14-12-17(13-15-18)16-8-4-3-5-9-16/h3-15H,1-2H3. The van der Waals surface area contributed by atoms with Gasteiger partial charge in [0.25, 0.3) is 5.91 Å². The van der Waals surface area contributed by atoms with Crippen LogP contribution in [0.3, 0.4) is 0 Å². The van der Waals surface area contributed by atoms with Crippen LogP contribution in [0.15, 0.2) is 78.9 Å². The number of ether oxygens (including phenoxy) is 1. The van der Waals surface area contributed by atoms with Crippen LogP contribution in [0.2, 0.25) is 0 Å². The second kappa shape index (κ2) is 5.87. The molecule has 0 radical (unpaired) electrons. The molecule has 1 atom stereocenters. The van der Waals surface area contributed by atoms with Gasteiger partial charge in [0.15, 0.2) is 5.60 Å². The molecular formula is C22H19NO2. The second-order valence-corrected chi connectivity index (χ2v) is 6.21. The zero-order valence-electron chi connectivity index (χ0n) is 14.3. The maximum atomic E-state index is 13.1. The average Bonchev–Trinajstić information content (AvgIpc) is 2.91. The van der Waals surface area contributed by atoms with Gasteiger partial charge in [-0.05, 0) is 22.8 Å². The van der Waals surface area contributed by atoms with Crippen LogP contribution in [0.5, 0.6) is 0 Å². The molecule has 25 heavy (non-hydrogen) atoms. The molecular weight excluding hydrogens is 310 g/mol. The molecule has 0 fully saturated rings. The number of para-hydroxylation sites is 1. The summed E-state index contributed by atoms with van der Waals surface area (Å²) >= 11 is 0. The fraction of sp³-hybridized carbons (Fsp3) is 0.136. The van der Waals surface area contributed by atoms with Crippen molar-refractivity contribution in [1.29, 1.82) is 0 Å². The lowest BCUT2D eigenvalue weighted by Gasteiger charge is -2.27. The number of carbonyl (C=O) groups is 1. The largest absolute Gasteiger partial charge is 0.359 e. The minimum absolute atomic E-state index is 0.0661. The SMILES string of the molecule is COC1(c2ccc(-c3ccccc3)cc2)C(=O)N(C)c2ccccc21. The summed E-state index contributed by atoms with van der Waals surface area (Å²) in [4.78, 5) is 14.7. The van der Waals surface area contributed by atoms with Gasteiger partial charge in [0.05, 0.1) is 5.69 Å². The number of rotatable bonds is 3. The molecule has 1 unspecified atom stereocenters. The Labute approximate surface area is 147 Å². The van der Waals surface area contributed by atoms with Crippen molar-refractivity contribution in [3.8, 4) is 11.1 Å². The van der Waals surface area contributed by atoms with Crippen molar-refractivity contribution in [2.75, 3.05) is 19.1 Å². The molecule has 124 valence electrons. The molecule has 1 heterocycles. The molecule has 3 aromatic carbocycles. The molecule has 0 saturated carbocycles. The minimum atomic E-state index is -1.08. The van der Waals surface area contributed by atoms with Crippen molar-refractivity contribution in [1.82, 2.24) is 0 Å². The molecule has 0 aromatic heterocycles. The van der Waals surface area contributed by atoms with Gasteiger partial charge in [0, 0.05) is 19.7 Å². The Morgan fingerprint density at radius 2 is 1.40 bits per heavy atom. The first-order chi connectivity index (χ1) is 12.2. The maximum absolute atomic E-state index is 13.1. The number of benzene rings is 3. The summed E-state index contributed by atoms with van der Waals surface area (Å²) in [6, 6.07) is 26.0. The van der Waals surface area contributed by atoms with Gasteiger partial charge in [-0.15, -0.1) is 0 Å². The first kappa shape index (κ1) is 15.6. The topological polar surface area (TPSA) is 29.5 Å². The van der Waals surface area contributed by atoms with Crippen molar-refractivity contribution < 1.29 is 9.53 Å². The number of carbonyl (C=O) groups excluding carboxylic acids is 1. The summed E-state index contributed by atoms with van der Waals surface area (Å²) in [6.45, 7) is 0. The third-order valence-electron chi connectivity index (χ3n) is 4.96. The highest BCUT2D eigenvalue weighted by molar-refractivity contribution is 6.09. The van der Waals surface area contributed by atoms with E-state index in [0.717, 1.165) is 27.9 Å². The minimum Gasteiger partial charge on any atom is -0.359 e. The summed E-state index contributed by atoms with van der Waals surface area (Å²) in [5.74, 6) is -0.0661. The summed E-state index contributed by atoms with van der Waals surface area (Å²) in [5, 5.41) is 0. The molecule has 3 aromatic rings. The van der Waals surface area contributed by atoms with Crippen LogP contribution in [0.1, 0.15) is 11.1 Å². The van der Waals surface area contributed by atoms with Crippen molar-refractivity contribution in [2.24, 2.45) is 0 Å². The lowest BCUT2D eigenvalue weighted by atomic mass is 9.86. The van der Waals surface area contributed by atoms with E-state index in [-0.39, 0.29) is 5.91 Å². The fourth-order valence-corrected chi connectivity index (χ4v) is 3.65. The fourth-order valence-electron chi connectivity index (χ4n) is 3.65. The Morgan fingerprint density at radius 3 is 2.08 bits per heavy atom. The molecule has 1 amide bonds. The van der Waals surface area contributed by atoms with Gasteiger partial charge in [0.1, 0.15) is 0 Å². The Hall–Kier alpha value is -2.91. The van der Waals surface area contributed by atoms with Crippen LogP contribution >= 0.6 is 0 Å². The molecule has 1 aliphatic rings. The van der Waals surface area contributed by atoms with Gasteiger partial charge in [-0.25, -0.2) is 0 Å². The molecule has 0 N–H and O–H groups in total. The van der Waals surface area contributed by atoms with Crippen LogP contribution < -0.4 is 4.90 Å². The third-order valence-corrected chi connectivity index (χ3v) is 4.96. The van der Waals surface area contributed by atoms with Gasteiger partial charge in [0.2, 0.25) is 0 Å². The van der Waals surface area contributed by atoms with E-state index < -0.39 is 5.60 Å². The van der Waals surface area contributed by atoms with Gasteiger partial charge in [-0.2, -0.15) is 0 Å².